The summed E-state index contributed by atoms with van der Waals surface area (Å²) in [6, 6.07) is 1.72. The number of carbonyl (C=O) groups excluding carboxylic acids is 1. The van der Waals surface area contributed by atoms with Crippen LogP contribution >= 0.6 is 0 Å². The quantitative estimate of drug-likeness (QED) is 0.365. The van der Waals surface area contributed by atoms with E-state index < -0.39 is 46.3 Å². The predicted molar refractivity (Wildman–Crippen MR) is 80.1 cm³/mol. The van der Waals surface area contributed by atoms with Crippen LogP contribution in [0.5, 0.6) is 0 Å². The molecule has 1 fully saturated rings. The lowest BCUT2D eigenvalue weighted by Crippen LogP contribution is -2.41. The van der Waals surface area contributed by atoms with E-state index in [1.54, 1.807) is 27.7 Å². The smallest absolute Gasteiger partial charge is 0.465 e. The van der Waals surface area contributed by atoms with Crippen LogP contribution in [0.1, 0.15) is 38.1 Å². The minimum absolute atomic E-state index is 0.136. The Morgan fingerprint density at radius 3 is 2.22 bits per heavy atom. The summed E-state index contributed by atoms with van der Waals surface area (Å²) in [4.78, 5) is 22.0. The highest BCUT2D eigenvalue weighted by Crippen LogP contribution is 2.37. The van der Waals surface area contributed by atoms with Gasteiger partial charge in [-0.3, -0.25) is 10.1 Å². The van der Waals surface area contributed by atoms with Gasteiger partial charge in [-0.15, -0.1) is 0 Å². The van der Waals surface area contributed by atoms with Crippen LogP contribution in [0.3, 0.4) is 0 Å². The lowest BCUT2D eigenvalue weighted by atomic mass is 9.78. The van der Waals surface area contributed by atoms with Gasteiger partial charge in [0.2, 0.25) is 0 Å². The molecular formula is C14H17BFNO6. The molecular weight excluding hydrogens is 308 g/mol. The molecule has 1 heterocycles. The van der Waals surface area contributed by atoms with Crippen LogP contribution in [0.25, 0.3) is 0 Å². The number of nitrogens with zero attached hydrogens (tertiary/aromatic N) is 1. The van der Waals surface area contributed by atoms with Crippen molar-refractivity contribution in [1.82, 2.24) is 0 Å². The number of nitro benzene ring substituents is 1. The summed E-state index contributed by atoms with van der Waals surface area (Å²) in [5.41, 5.74) is -2.61. The topological polar surface area (TPSA) is 87.9 Å². The van der Waals surface area contributed by atoms with Crippen molar-refractivity contribution in [1.29, 1.82) is 0 Å². The van der Waals surface area contributed by atoms with Crippen molar-refractivity contribution in [3.8, 4) is 0 Å². The van der Waals surface area contributed by atoms with Gasteiger partial charge in [-0.2, -0.15) is 0 Å². The maximum atomic E-state index is 14.4. The number of esters is 1. The van der Waals surface area contributed by atoms with Crippen LogP contribution in [0.4, 0.5) is 10.1 Å². The first-order chi connectivity index (χ1) is 10.5. The van der Waals surface area contributed by atoms with Gasteiger partial charge >= 0.3 is 13.1 Å². The molecule has 0 atom stereocenters. The summed E-state index contributed by atoms with van der Waals surface area (Å²) in [6.45, 7) is 7.12. The Kier molecular flexibility index (Phi) is 4.21. The standard InChI is InChI=1S/C14H17BFNO6/c1-13(2)14(3,4)23-15(22-13)9-7-11(17(19)20)8(6-10(9)16)12(18)21-5/h6-7H,1-5H3. The molecule has 0 spiro atoms. The lowest BCUT2D eigenvalue weighted by Gasteiger charge is -2.32. The van der Waals surface area contributed by atoms with Gasteiger partial charge in [0.25, 0.3) is 5.69 Å². The Bertz CT molecular complexity index is 659. The molecule has 2 rings (SSSR count). The molecule has 1 aliphatic rings. The number of halogens is 1. The molecule has 124 valence electrons. The molecule has 1 aromatic carbocycles. The second kappa shape index (κ2) is 5.57. The molecule has 1 aliphatic heterocycles. The van der Waals surface area contributed by atoms with Crippen molar-refractivity contribution in [3.05, 3.63) is 33.6 Å². The van der Waals surface area contributed by atoms with E-state index in [1.807, 2.05) is 0 Å². The van der Waals surface area contributed by atoms with Crippen LogP contribution in [0, 0.1) is 15.9 Å². The molecule has 1 saturated heterocycles. The first-order valence-electron chi connectivity index (χ1n) is 6.92. The number of methoxy groups -OCH3 is 1. The Hall–Kier alpha value is -2.00. The van der Waals surface area contributed by atoms with Crippen LogP contribution in [0.15, 0.2) is 12.1 Å². The van der Waals surface area contributed by atoms with Crippen molar-refractivity contribution in [3.63, 3.8) is 0 Å². The summed E-state index contributed by atoms with van der Waals surface area (Å²) in [5.74, 6) is -1.83. The molecule has 0 radical (unpaired) electrons. The number of rotatable bonds is 3. The SMILES string of the molecule is COC(=O)c1cc(F)c(B2OC(C)(C)C(C)(C)O2)cc1[N+](=O)[O-]. The van der Waals surface area contributed by atoms with E-state index >= 15 is 0 Å². The molecule has 0 N–H and O–H groups in total. The molecule has 23 heavy (non-hydrogen) atoms. The third kappa shape index (κ3) is 2.94. The second-order valence-corrected chi connectivity index (χ2v) is 6.23. The largest absolute Gasteiger partial charge is 0.498 e. The van der Waals surface area contributed by atoms with E-state index in [4.69, 9.17) is 9.31 Å². The summed E-state index contributed by atoms with van der Waals surface area (Å²) < 4.78 is 30.2. The number of hydrogen-bond donors (Lipinski definition) is 0. The first-order valence-corrected chi connectivity index (χ1v) is 6.92. The zero-order valence-corrected chi connectivity index (χ0v) is 13.5. The Labute approximate surface area is 133 Å². The molecule has 0 amide bonds. The zero-order valence-electron chi connectivity index (χ0n) is 13.5. The fourth-order valence-corrected chi connectivity index (χ4v) is 2.15. The number of ether oxygens (including phenoxy) is 1. The minimum Gasteiger partial charge on any atom is -0.465 e. The van der Waals surface area contributed by atoms with E-state index in [-0.39, 0.29) is 5.46 Å². The molecule has 7 nitrogen and oxygen atoms in total. The van der Waals surface area contributed by atoms with Gasteiger partial charge in [-0.25, -0.2) is 9.18 Å². The minimum atomic E-state index is -1.11. The summed E-state index contributed by atoms with van der Waals surface area (Å²) >= 11 is 0. The van der Waals surface area contributed by atoms with Gasteiger partial charge < -0.3 is 14.0 Å². The highest BCUT2D eigenvalue weighted by Gasteiger charge is 2.53. The van der Waals surface area contributed by atoms with Gasteiger partial charge in [0.15, 0.2) is 0 Å². The normalized spacial score (nSPS) is 18.8. The van der Waals surface area contributed by atoms with Gasteiger partial charge in [0.1, 0.15) is 11.4 Å². The number of hydrogen-bond acceptors (Lipinski definition) is 6. The highest BCUT2D eigenvalue weighted by molar-refractivity contribution is 6.62. The molecule has 0 aliphatic carbocycles. The summed E-state index contributed by atoms with van der Waals surface area (Å²) in [5, 5.41) is 11.2. The Morgan fingerprint density at radius 1 is 1.26 bits per heavy atom. The average molecular weight is 325 g/mol. The molecule has 9 heteroatoms. The van der Waals surface area contributed by atoms with Crippen LogP contribution < -0.4 is 5.46 Å². The van der Waals surface area contributed by atoms with E-state index in [9.17, 15) is 19.3 Å². The first kappa shape index (κ1) is 17.4. The summed E-state index contributed by atoms with van der Waals surface area (Å²) in [6.07, 6.45) is 0. The number of benzene rings is 1. The number of nitro groups is 1. The van der Waals surface area contributed by atoms with Gasteiger partial charge in [0.05, 0.1) is 23.2 Å². The van der Waals surface area contributed by atoms with Crippen molar-refractivity contribution in [2.75, 3.05) is 7.11 Å². The highest BCUT2D eigenvalue weighted by atomic mass is 19.1. The average Bonchev–Trinajstić information content (AvgIpc) is 2.65. The summed E-state index contributed by atoms with van der Waals surface area (Å²) in [7, 11) is -0.0445. The van der Waals surface area contributed by atoms with Crippen LogP contribution in [0.2, 0.25) is 0 Å². The van der Waals surface area contributed by atoms with Crippen molar-refractivity contribution in [2.24, 2.45) is 0 Å². The van der Waals surface area contributed by atoms with Gasteiger partial charge in [-0.05, 0) is 33.8 Å². The molecule has 1 aromatic rings. The maximum Gasteiger partial charge on any atom is 0.498 e. The second-order valence-electron chi connectivity index (χ2n) is 6.23. The zero-order chi connectivity index (χ0) is 17.6. The molecule has 0 aromatic heterocycles. The maximum absolute atomic E-state index is 14.4. The van der Waals surface area contributed by atoms with Crippen molar-refractivity contribution in [2.45, 2.75) is 38.9 Å². The Balaban J connectivity index is 2.52. The Morgan fingerprint density at radius 2 is 1.78 bits per heavy atom. The van der Waals surface area contributed by atoms with Crippen molar-refractivity contribution >= 4 is 24.2 Å². The third-order valence-corrected chi connectivity index (χ3v) is 4.22. The van der Waals surface area contributed by atoms with E-state index in [0.717, 1.165) is 19.2 Å². The molecule has 0 saturated carbocycles. The van der Waals surface area contributed by atoms with E-state index in [0.29, 0.717) is 0 Å². The monoisotopic (exact) mass is 325 g/mol. The van der Waals surface area contributed by atoms with E-state index in [1.165, 1.54) is 0 Å². The van der Waals surface area contributed by atoms with Crippen molar-refractivity contribution < 1.29 is 28.2 Å². The predicted octanol–water partition coefficient (Wildman–Crippen LogP) is 1.82. The fourth-order valence-electron chi connectivity index (χ4n) is 2.15. The van der Waals surface area contributed by atoms with Gasteiger partial charge in [0, 0.05) is 11.5 Å². The molecule has 0 unspecified atom stereocenters. The fraction of sp³-hybridized carbons (Fsp3) is 0.500. The molecule has 0 bridgehead atoms. The third-order valence-electron chi connectivity index (χ3n) is 4.22. The van der Waals surface area contributed by atoms with Crippen LogP contribution in [-0.4, -0.2) is 36.3 Å². The van der Waals surface area contributed by atoms with Gasteiger partial charge in [-0.1, -0.05) is 0 Å². The van der Waals surface area contributed by atoms with E-state index in [2.05, 4.69) is 4.74 Å². The lowest BCUT2D eigenvalue weighted by molar-refractivity contribution is -0.385. The number of carbonyl (C=O) groups is 1. The van der Waals surface area contributed by atoms with Crippen LogP contribution in [-0.2, 0) is 14.0 Å².